The SMILES string of the molecule is CC(C)CC(C)(N)COc1ccc(-c2ccnc(OC(N)=O)c2F)cc1C#N. The normalized spacial score (nSPS) is 12.9. The van der Waals surface area contributed by atoms with Crippen molar-refractivity contribution >= 4 is 6.09 Å². The van der Waals surface area contributed by atoms with Crippen molar-refractivity contribution in [1.82, 2.24) is 4.98 Å². The summed E-state index contributed by atoms with van der Waals surface area (Å²) in [6.45, 7) is 6.26. The zero-order chi connectivity index (χ0) is 20.9. The lowest BCUT2D eigenvalue weighted by molar-refractivity contribution is 0.206. The van der Waals surface area contributed by atoms with E-state index >= 15 is 0 Å². The van der Waals surface area contributed by atoms with Crippen LogP contribution in [0.25, 0.3) is 11.1 Å². The highest BCUT2D eigenvalue weighted by molar-refractivity contribution is 5.71. The molecule has 1 heterocycles. The lowest BCUT2D eigenvalue weighted by Crippen LogP contribution is -2.43. The molecule has 8 heteroatoms. The summed E-state index contributed by atoms with van der Waals surface area (Å²) in [4.78, 5) is 14.5. The lowest BCUT2D eigenvalue weighted by Gasteiger charge is -2.26. The molecule has 0 spiro atoms. The molecular formula is C20H23FN4O3. The van der Waals surface area contributed by atoms with Gasteiger partial charge in [0.15, 0.2) is 5.82 Å². The van der Waals surface area contributed by atoms with E-state index in [2.05, 4.69) is 23.6 Å². The minimum Gasteiger partial charge on any atom is -0.490 e. The van der Waals surface area contributed by atoms with Crippen molar-refractivity contribution in [2.45, 2.75) is 32.7 Å². The Bertz CT molecular complexity index is 907. The van der Waals surface area contributed by atoms with Crippen molar-refractivity contribution in [2.24, 2.45) is 17.4 Å². The van der Waals surface area contributed by atoms with Gasteiger partial charge in [0.1, 0.15) is 18.4 Å². The lowest BCUT2D eigenvalue weighted by atomic mass is 9.93. The fourth-order valence-corrected chi connectivity index (χ4v) is 2.96. The number of nitrogens with two attached hydrogens (primary N) is 2. The van der Waals surface area contributed by atoms with E-state index in [1.165, 1.54) is 18.3 Å². The Morgan fingerprint density at radius 1 is 1.39 bits per heavy atom. The molecule has 28 heavy (non-hydrogen) atoms. The molecule has 7 nitrogen and oxygen atoms in total. The van der Waals surface area contributed by atoms with Crippen LogP contribution in [0.15, 0.2) is 30.5 Å². The molecule has 2 aromatic rings. The number of rotatable bonds is 7. The van der Waals surface area contributed by atoms with Gasteiger partial charge in [0, 0.05) is 17.3 Å². The molecule has 1 aromatic carbocycles. The average molecular weight is 386 g/mol. The highest BCUT2D eigenvalue weighted by atomic mass is 19.1. The van der Waals surface area contributed by atoms with Crippen LogP contribution in [0.1, 0.15) is 32.8 Å². The van der Waals surface area contributed by atoms with Gasteiger partial charge in [0.2, 0.25) is 0 Å². The Balaban J connectivity index is 2.29. The molecule has 0 aliphatic heterocycles. The Kier molecular flexibility index (Phi) is 6.54. The van der Waals surface area contributed by atoms with Gasteiger partial charge in [-0.25, -0.2) is 14.2 Å². The summed E-state index contributed by atoms with van der Waals surface area (Å²) in [5, 5.41) is 9.45. The van der Waals surface area contributed by atoms with Crippen molar-refractivity contribution in [3.63, 3.8) is 0 Å². The first-order valence-electron chi connectivity index (χ1n) is 8.71. The Labute approximate surface area is 163 Å². The largest absolute Gasteiger partial charge is 0.490 e. The molecule has 1 atom stereocenters. The van der Waals surface area contributed by atoms with Crippen molar-refractivity contribution in [3.8, 4) is 28.8 Å². The second-order valence-electron chi connectivity index (χ2n) is 7.26. The standard InChI is InChI=1S/C20H23FN4O3/c1-12(2)9-20(3,24)11-27-16-5-4-13(8-14(16)10-22)15-6-7-25-18(17(15)21)28-19(23)26/h4-8,12H,9,11,24H2,1-3H3,(H2,23,26). The molecule has 4 N–H and O–H groups in total. The molecule has 0 saturated heterocycles. The summed E-state index contributed by atoms with van der Waals surface area (Å²) >= 11 is 0. The number of carbonyl (C=O) groups is 1. The van der Waals surface area contributed by atoms with E-state index in [4.69, 9.17) is 16.2 Å². The van der Waals surface area contributed by atoms with Gasteiger partial charge in [0.05, 0.1) is 5.56 Å². The van der Waals surface area contributed by atoms with E-state index in [9.17, 15) is 14.4 Å². The van der Waals surface area contributed by atoms with Gasteiger partial charge in [0.25, 0.3) is 5.88 Å². The predicted octanol–water partition coefficient (Wildman–Crippen LogP) is 3.36. The molecule has 0 bridgehead atoms. The molecule has 0 saturated carbocycles. The number of primary amides is 1. The van der Waals surface area contributed by atoms with Gasteiger partial charge >= 0.3 is 6.09 Å². The molecule has 2 rings (SSSR count). The van der Waals surface area contributed by atoms with Crippen LogP contribution in [0.5, 0.6) is 11.6 Å². The minimum atomic E-state index is -1.17. The number of halogens is 1. The summed E-state index contributed by atoms with van der Waals surface area (Å²) in [6, 6.07) is 8.10. The number of nitrogens with zero attached hydrogens (tertiary/aromatic N) is 2. The summed E-state index contributed by atoms with van der Waals surface area (Å²) < 4.78 is 24.9. The van der Waals surface area contributed by atoms with Crippen LogP contribution in [0, 0.1) is 23.1 Å². The van der Waals surface area contributed by atoms with E-state index in [1.807, 2.05) is 13.0 Å². The maximum absolute atomic E-state index is 14.6. The number of carbonyl (C=O) groups excluding carboxylic acids is 1. The fraction of sp³-hybridized carbons (Fsp3) is 0.350. The third kappa shape index (κ3) is 5.41. The van der Waals surface area contributed by atoms with Gasteiger partial charge in [-0.1, -0.05) is 19.9 Å². The summed E-state index contributed by atoms with van der Waals surface area (Å²) in [7, 11) is 0. The van der Waals surface area contributed by atoms with Gasteiger partial charge in [-0.05, 0) is 43.0 Å². The van der Waals surface area contributed by atoms with Crippen LogP contribution >= 0.6 is 0 Å². The number of nitriles is 1. The van der Waals surface area contributed by atoms with Crippen LogP contribution in [0.4, 0.5) is 9.18 Å². The molecule has 0 aliphatic carbocycles. The number of hydrogen-bond donors (Lipinski definition) is 2. The third-order valence-electron chi connectivity index (χ3n) is 3.90. The van der Waals surface area contributed by atoms with Gasteiger partial charge in [-0.3, -0.25) is 0 Å². The van der Waals surface area contributed by atoms with Crippen LogP contribution in [-0.2, 0) is 0 Å². The molecule has 1 aromatic heterocycles. The van der Waals surface area contributed by atoms with E-state index in [-0.39, 0.29) is 17.7 Å². The number of hydrogen-bond acceptors (Lipinski definition) is 6. The average Bonchev–Trinajstić information content (AvgIpc) is 2.60. The Hall–Kier alpha value is -3.18. The zero-order valence-electron chi connectivity index (χ0n) is 16.0. The smallest absolute Gasteiger partial charge is 0.411 e. The number of aromatic nitrogens is 1. The summed E-state index contributed by atoms with van der Waals surface area (Å²) in [5.41, 5.74) is 11.3. The Morgan fingerprint density at radius 3 is 2.71 bits per heavy atom. The highest BCUT2D eigenvalue weighted by Gasteiger charge is 2.22. The molecule has 148 valence electrons. The topological polar surface area (TPSA) is 124 Å². The van der Waals surface area contributed by atoms with Crippen molar-refractivity contribution < 1.29 is 18.7 Å². The van der Waals surface area contributed by atoms with Gasteiger partial charge < -0.3 is 20.9 Å². The van der Waals surface area contributed by atoms with Crippen molar-refractivity contribution in [3.05, 3.63) is 41.8 Å². The molecular weight excluding hydrogens is 363 g/mol. The first kappa shape index (κ1) is 21.1. The molecule has 0 fully saturated rings. The molecule has 0 aliphatic rings. The second-order valence-corrected chi connectivity index (χ2v) is 7.26. The maximum atomic E-state index is 14.6. The zero-order valence-corrected chi connectivity index (χ0v) is 16.0. The fourth-order valence-electron chi connectivity index (χ4n) is 2.96. The maximum Gasteiger partial charge on any atom is 0.411 e. The van der Waals surface area contributed by atoms with E-state index in [1.54, 1.807) is 12.1 Å². The molecule has 1 unspecified atom stereocenters. The second kappa shape index (κ2) is 8.67. The molecule has 0 radical (unpaired) electrons. The minimum absolute atomic E-state index is 0.109. The first-order valence-corrected chi connectivity index (χ1v) is 8.71. The number of ether oxygens (including phenoxy) is 2. The van der Waals surface area contributed by atoms with Crippen LogP contribution in [-0.4, -0.2) is 23.2 Å². The Morgan fingerprint density at radius 2 is 2.11 bits per heavy atom. The molecule has 1 amide bonds. The quantitative estimate of drug-likeness (QED) is 0.752. The number of benzene rings is 1. The summed E-state index contributed by atoms with van der Waals surface area (Å²) in [6.07, 6.45) is 0.868. The summed E-state index contributed by atoms with van der Waals surface area (Å²) in [5.74, 6) is -0.626. The van der Waals surface area contributed by atoms with E-state index in [0.29, 0.717) is 17.2 Å². The van der Waals surface area contributed by atoms with Gasteiger partial charge in [-0.2, -0.15) is 5.26 Å². The monoisotopic (exact) mass is 386 g/mol. The third-order valence-corrected chi connectivity index (χ3v) is 3.90. The van der Waals surface area contributed by atoms with E-state index < -0.39 is 23.3 Å². The first-order chi connectivity index (χ1) is 13.1. The van der Waals surface area contributed by atoms with E-state index in [0.717, 1.165) is 6.42 Å². The van der Waals surface area contributed by atoms with Crippen LogP contribution in [0.2, 0.25) is 0 Å². The van der Waals surface area contributed by atoms with Crippen LogP contribution < -0.4 is 20.9 Å². The van der Waals surface area contributed by atoms with Gasteiger partial charge in [-0.15, -0.1) is 0 Å². The highest BCUT2D eigenvalue weighted by Crippen LogP contribution is 2.31. The van der Waals surface area contributed by atoms with Crippen LogP contribution in [0.3, 0.4) is 0 Å². The number of pyridine rings is 1. The number of amides is 1. The predicted molar refractivity (Wildman–Crippen MR) is 102 cm³/mol. The van der Waals surface area contributed by atoms with Crippen molar-refractivity contribution in [2.75, 3.05) is 6.61 Å². The van der Waals surface area contributed by atoms with Crippen molar-refractivity contribution in [1.29, 1.82) is 5.26 Å².